The van der Waals surface area contributed by atoms with Gasteiger partial charge in [-0.3, -0.25) is 0 Å². The van der Waals surface area contributed by atoms with Crippen molar-refractivity contribution in [1.29, 1.82) is 0 Å². The highest BCUT2D eigenvalue weighted by Gasteiger charge is 2.18. The second-order valence-electron chi connectivity index (χ2n) is 9.53. The molecular formula is C27H32N4O5S. The second kappa shape index (κ2) is 10.7. The van der Waals surface area contributed by atoms with Crippen LogP contribution in [0, 0.1) is 6.92 Å². The summed E-state index contributed by atoms with van der Waals surface area (Å²) < 4.78 is 22.1. The molecule has 9 nitrogen and oxygen atoms in total. The number of fused-ring (bicyclic) bond motifs is 1. The molecule has 1 aromatic carbocycles. The Morgan fingerprint density at radius 1 is 1.08 bits per heavy atom. The summed E-state index contributed by atoms with van der Waals surface area (Å²) in [4.78, 5) is 23.2. The average molecular weight is 525 g/mol. The van der Waals surface area contributed by atoms with Gasteiger partial charge in [0.1, 0.15) is 28.8 Å². The zero-order chi connectivity index (χ0) is 26.7. The molecule has 196 valence electrons. The Morgan fingerprint density at radius 2 is 1.81 bits per heavy atom. The highest BCUT2D eigenvalue weighted by atomic mass is 32.1. The number of thiophene rings is 1. The standard InChI is InChI=1S/C27H32N4O5S/c1-15(29-25-18-12-21(33-6)22(34-7)13-19(18)30-16(2)31-25)23-10-11-24(37-23)20-9-8-17(35-20)14-28-26(32)36-27(3,4)5/h8-13,15H,14H2,1-7H3,(H,28,32)(H,29,30,31). The molecule has 1 atom stereocenters. The average Bonchev–Trinajstić information content (AvgIpc) is 3.50. The van der Waals surface area contributed by atoms with E-state index >= 15 is 0 Å². The molecule has 3 heterocycles. The number of amides is 1. The predicted molar refractivity (Wildman–Crippen MR) is 145 cm³/mol. The van der Waals surface area contributed by atoms with Crippen LogP contribution in [0.2, 0.25) is 0 Å². The second-order valence-corrected chi connectivity index (χ2v) is 10.6. The van der Waals surface area contributed by atoms with Crippen LogP contribution in [0.1, 0.15) is 50.2 Å². The molecule has 0 bridgehead atoms. The van der Waals surface area contributed by atoms with Crippen LogP contribution in [0.25, 0.3) is 21.5 Å². The maximum atomic E-state index is 11.9. The molecule has 0 aliphatic heterocycles. The number of furan rings is 1. The number of nitrogens with zero attached hydrogens (tertiary/aromatic N) is 2. The van der Waals surface area contributed by atoms with Gasteiger partial charge in [-0.1, -0.05) is 0 Å². The lowest BCUT2D eigenvalue weighted by Crippen LogP contribution is -2.32. The van der Waals surface area contributed by atoms with Crippen LogP contribution in [-0.4, -0.2) is 35.9 Å². The minimum atomic E-state index is -0.549. The molecular weight excluding hydrogens is 492 g/mol. The highest BCUT2D eigenvalue weighted by Crippen LogP contribution is 2.37. The molecule has 0 fully saturated rings. The molecule has 0 aliphatic carbocycles. The number of carbonyl (C=O) groups excluding carboxylic acids is 1. The van der Waals surface area contributed by atoms with Gasteiger partial charge >= 0.3 is 6.09 Å². The molecule has 0 spiro atoms. The van der Waals surface area contributed by atoms with Gasteiger partial charge in [0, 0.05) is 16.3 Å². The molecule has 4 rings (SSSR count). The van der Waals surface area contributed by atoms with Gasteiger partial charge < -0.3 is 29.3 Å². The van der Waals surface area contributed by atoms with E-state index in [0.29, 0.717) is 23.1 Å². The number of nitrogens with one attached hydrogen (secondary N) is 2. The van der Waals surface area contributed by atoms with E-state index in [1.165, 1.54) is 0 Å². The molecule has 0 radical (unpaired) electrons. The molecule has 4 aromatic rings. The number of alkyl carbamates (subject to hydrolysis) is 1. The SMILES string of the molecule is COc1cc2nc(C)nc(NC(C)c3ccc(-c4ccc(CNC(=O)OC(C)(C)C)o4)s3)c2cc1OC. The first-order chi connectivity index (χ1) is 17.6. The molecule has 3 aromatic heterocycles. The number of aromatic nitrogens is 2. The summed E-state index contributed by atoms with van der Waals surface area (Å²) in [7, 11) is 3.21. The van der Waals surface area contributed by atoms with Gasteiger partial charge in [0.2, 0.25) is 0 Å². The summed E-state index contributed by atoms with van der Waals surface area (Å²) in [5.74, 6) is 4.00. The normalized spacial score (nSPS) is 12.3. The summed E-state index contributed by atoms with van der Waals surface area (Å²) in [6.45, 7) is 9.66. The number of hydrogen-bond acceptors (Lipinski definition) is 9. The van der Waals surface area contributed by atoms with E-state index < -0.39 is 11.7 Å². The Labute approximate surface area is 220 Å². The Hall–Kier alpha value is -3.79. The van der Waals surface area contributed by atoms with Crippen LogP contribution >= 0.6 is 11.3 Å². The van der Waals surface area contributed by atoms with Crippen molar-refractivity contribution in [2.75, 3.05) is 19.5 Å². The fourth-order valence-electron chi connectivity index (χ4n) is 3.75. The molecule has 1 unspecified atom stereocenters. The van der Waals surface area contributed by atoms with Crippen molar-refractivity contribution in [1.82, 2.24) is 15.3 Å². The molecule has 2 N–H and O–H groups in total. The monoisotopic (exact) mass is 524 g/mol. The fraction of sp³-hybridized carbons (Fsp3) is 0.370. The van der Waals surface area contributed by atoms with E-state index in [1.54, 1.807) is 25.6 Å². The number of benzene rings is 1. The lowest BCUT2D eigenvalue weighted by atomic mass is 10.2. The third-order valence-electron chi connectivity index (χ3n) is 5.43. The zero-order valence-electron chi connectivity index (χ0n) is 22.1. The number of rotatable bonds is 8. The highest BCUT2D eigenvalue weighted by molar-refractivity contribution is 7.15. The van der Waals surface area contributed by atoms with Gasteiger partial charge in [0.15, 0.2) is 11.5 Å². The third kappa shape index (κ3) is 6.32. The first-order valence-corrected chi connectivity index (χ1v) is 12.7. The maximum Gasteiger partial charge on any atom is 0.408 e. The number of aryl methyl sites for hydroxylation is 1. The van der Waals surface area contributed by atoms with Gasteiger partial charge in [-0.25, -0.2) is 14.8 Å². The van der Waals surface area contributed by atoms with Crippen LogP contribution < -0.4 is 20.1 Å². The van der Waals surface area contributed by atoms with Gasteiger partial charge in [-0.15, -0.1) is 11.3 Å². The van der Waals surface area contributed by atoms with Crippen LogP contribution in [0.15, 0.2) is 40.8 Å². The molecule has 0 saturated carbocycles. The molecule has 1 amide bonds. The fourth-order valence-corrected chi connectivity index (χ4v) is 4.73. The minimum Gasteiger partial charge on any atom is -0.493 e. The Balaban J connectivity index is 1.48. The smallest absolute Gasteiger partial charge is 0.408 e. The van der Waals surface area contributed by atoms with E-state index in [2.05, 4.69) is 33.6 Å². The molecule has 0 saturated heterocycles. The van der Waals surface area contributed by atoms with E-state index in [4.69, 9.17) is 18.6 Å². The van der Waals surface area contributed by atoms with E-state index in [9.17, 15) is 4.79 Å². The number of methoxy groups -OCH3 is 2. The first-order valence-electron chi connectivity index (χ1n) is 11.9. The van der Waals surface area contributed by atoms with Gasteiger partial charge in [0.05, 0.1) is 37.2 Å². The number of carbonyl (C=O) groups is 1. The van der Waals surface area contributed by atoms with Crippen molar-refractivity contribution in [3.63, 3.8) is 0 Å². The molecule has 37 heavy (non-hydrogen) atoms. The van der Waals surface area contributed by atoms with Crippen LogP contribution in [0.5, 0.6) is 11.5 Å². The van der Waals surface area contributed by atoms with E-state index in [-0.39, 0.29) is 12.6 Å². The quantitative estimate of drug-likeness (QED) is 0.270. The number of hydrogen-bond donors (Lipinski definition) is 2. The van der Waals surface area contributed by atoms with Gasteiger partial charge in [0.25, 0.3) is 0 Å². The van der Waals surface area contributed by atoms with E-state index in [0.717, 1.165) is 32.2 Å². The topological polar surface area (TPSA) is 108 Å². The maximum absolute atomic E-state index is 11.9. The zero-order valence-corrected chi connectivity index (χ0v) is 22.9. The van der Waals surface area contributed by atoms with Crippen molar-refractivity contribution in [3.05, 3.63) is 52.9 Å². The molecule has 0 aliphatic rings. The summed E-state index contributed by atoms with van der Waals surface area (Å²) in [5.41, 5.74) is 0.224. The van der Waals surface area contributed by atoms with Crippen molar-refractivity contribution in [2.24, 2.45) is 0 Å². The Kier molecular flexibility index (Phi) is 7.58. The van der Waals surface area contributed by atoms with Gasteiger partial charge in [-0.05, 0) is 65.0 Å². The number of anilines is 1. The van der Waals surface area contributed by atoms with Crippen LogP contribution in [0.3, 0.4) is 0 Å². The van der Waals surface area contributed by atoms with Gasteiger partial charge in [-0.2, -0.15) is 0 Å². The van der Waals surface area contributed by atoms with Crippen molar-refractivity contribution in [3.8, 4) is 22.1 Å². The first kappa shape index (κ1) is 26.3. The summed E-state index contributed by atoms with van der Waals surface area (Å²) in [6, 6.07) is 11.6. The Bertz CT molecular complexity index is 1410. The largest absolute Gasteiger partial charge is 0.493 e. The third-order valence-corrected chi connectivity index (χ3v) is 6.71. The van der Waals surface area contributed by atoms with E-state index in [1.807, 2.05) is 58.0 Å². The lowest BCUT2D eigenvalue weighted by molar-refractivity contribution is 0.0520. The molecule has 10 heteroatoms. The van der Waals surface area contributed by atoms with Crippen LogP contribution in [0.4, 0.5) is 10.6 Å². The summed E-state index contributed by atoms with van der Waals surface area (Å²) >= 11 is 1.63. The van der Waals surface area contributed by atoms with Crippen molar-refractivity contribution in [2.45, 2.75) is 52.8 Å². The minimum absolute atomic E-state index is 0.0207. The van der Waals surface area contributed by atoms with Crippen molar-refractivity contribution >= 4 is 34.2 Å². The summed E-state index contributed by atoms with van der Waals surface area (Å²) in [5, 5.41) is 7.09. The number of ether oxygens (including phenoxy) is 3. The van der Waals surface area contributed by atoms with Crippen molar-refractivity contribution < 1.29 is 23.4 Å². The van der Waals surface area contributed by atoms with Crippen LogP contribution in [-0.2, 0) is 11.3 Å². The lowest BCUT2D eigenvalue weighted by Gasteiger charge is -2.19. The Morgan fingerprint density at radius 3 is 2.51 bits per heavy atom. The summed E-state index contributed by atoms with van der Waals surface area (Å²) in [6.07, 6.45) is -0.479. The predicted octanol–water partition coefficient (Wildman–Crippen LogP) is 6.47.